The number of aromatic nitrogens is 4. The standard InChI is InChI=1S/C15H20N6O2/c1-10-5-3-4-6-12(10)18-15-17-11(2)13(21(22)23)14(19-15)20-8-7-16-9-20/h7-10,12H,3-6H2,1-2H3,(H,17,18,19)/t10-,12+/m1/s1. The van der Waals surface area contributed by atoms with Crippen LogP contribution in [0, 0.1) is 23.0 Å². The van der Waals surface area contributed by atoms with Crippen molar-refractivity contribution >= 4 is 11.6 Å². The maximum atomic E-state index is 11.4. The van der Waals surface area contributed by atoms with E-state index in [1.807, 2.05) is 0 Å². The van der Waals surface area contributed by atoms with Crippen LogP contribution in [0.15, 0.2) is 18.7 Å². The SMILES string of the molecule is Cc1nc(N[C@H]2CCCC[C@H]2C)nc(-n2ccnc2)c1[N+](=O)[O-]. The van der Waals surface area contributed by atoms with Crippen molar-refractivity contribution < 1.29 is 4.92 Å². The van der Waals surface area contributed by atoms with E-state index >= 15 is 0 Å². The molecule has 0 aromatic carbocycles. The average Bonchev–Trinajstić information content (AvgIpc) is 3.03. The Labute approximate surface area is 134 Å². The molecule has 1 aliphatic carbocycles. The molecule has 2 heterocycles. The molecule has 1 fully saturated rings. The van der Waals surface area contributed by atoms with Gasteiger partial charge in [-0.15, -0.1) is 0 Å². The van der Waals surface area contributed by atoms with Gasteiger partial charge < -0.3 is 5.32 Å². The molecule has 0 radical (unpaired) electrons. The van der Waals surface area contributed by atoms with E-state index in [1.54, 1.807) is 23.9 Å². The van der Waals surface area contributed by atoms with Crippen LogP contribution in [0.3, 0.4) is 0 Å². The highest BCUT2D eigenvalue weighted by Crippen LogP contribution is 2.29. The lowest BCUT2D eigenvalue weighted by Gasteiger charge is -2.29. The Bertz CT molecular complexity index is 700. The van der Waals surface area contributed by atoms with E-state index in [4.69, 9.17) is 0 Å². The molecule has 1 aliphatic rings. The van der Waals surface area contributed by atoms with Crippen molar-refractivity contribution in [3.8, 4) is 5.82 Å². The fourth-order valence-corrected chi connectivity index (χ4v) is 3.09. The van der Waals surface area contributed by atoms with Crippen LogP contribution >= 0.6 is 0 Å². The van der Waals surface area contributed by atoms with E-state index < -0.39 is 4.92 Å². The third-order valence-electron chi connectivity index (χ3n) is 4.40. The lowest BCUT2D eigenvalue weighted by Crippen LogP contribution is -2.31. The predicted octanol–water partition coefficient (Wildman–Crippen LogP) is 2.87. The Morgan fingerprint density at radius 2 is 2.13 bits per heavy atom. The van der Waals surface area contributed by atoms with Crippen LogP contribution in [0.25, 0.3) is 5.82 Å². The molecule has 2 atom stereocenters. The van der Waals surface area contributed by atoms with Gasteiger partial charge in [0.15, 0.2) is 0 Å². The molecule has 0 unspecified atom stereocenters. The van der Waals surface area contributed by atoms with Crippen LogP contribution in [0.5, 0.6) is 0 Å². The molecule has 2 aromatic heterocycles. The van der Waals surface area contributed by atoms with Crippen LogP contribution in [0.2, 0.25) is 0 Å². The number of nitro groups is 1. The number of rotatable bonds is 4. The van der Waals surface area contributed by atoms with E-state index in [-0.39, 0.29) is 11.5 Å². The highest BCUT2D eigenvalue weighted by molar-refractivity contribution is 5.53. The molecule has 23 heavy (non-hydrogen) atoms. The van der Waals surface area contributed by atoms with Gasteiger partial charge in [-0.05, 0) is 25.7 Å². The Hall–Kier alpha value is -2.51. The molecule has 0 aliphatic heterocycles. The molecule has 1 N–H and O–H groups in total. The summed E-state index contributed by atoms with van der Waals surface area (Å²) in [7, 11) is 0. The third kappa shape index (κ3) is 3.15. The van der Waals surface area contributed by atoms with Crippen molar-refractivity contribution in [3.63, 3.8) is 0 Å². The molecule has 122 valence electrons. The zero-order valence-corrected chi connectivity index (χ0v) is 13.3. The van der Waals surface area contributed by atoms with Gasteiger partial charge in [-0.1, -0.05) is 19.8 Å². The number of hydrogen-bond acceptors (Lipinski definition) is 6. The van der Waals surface area contributed by atoms with Gasteiger partial charge in [0, 0.05) is 18.4 Å². The van der Waals surface area contributed by atoms with Crippen molar-refractivity contribution in [2.75, 3.05) is 5.32 Å². The van der Waals surface area contributed by atoms with Crippen LogP contribution in [-0.2, 0) is 0 Å². The second-order valence-corrected chi connectivity index (χ2v) is 6.04. The Kier molecular flexibility index (Phi) is 4.22. The van der Waals surface area contributed by atoms with E-state index in [2.05, 4.69) is 27.2 Å². The van der Waals surface area contributed by atoms with E-state index in [0.717, 1.165) is 6.42 Å². The van der Waals surface area contributed by atoms with Gasteiger partial charge in [0.25, 0.3) is 0 Å². The van der Waals surface area contributed by atoms with E-state index in [1.165, 1.54) is 25.6 Å². The van der Waals surface area contributed by atoms with Gasteiger partial charge in [-0.3, -0.25) is 14.7 Å². The van der Waals surface area contributed by atoms with Crippen molar-refractivity contribution in [3.05, 3.63) is 34.5 Å². The lowest BCUT2D eigenvalue weighted by atomic mass is 9.86. The highest BCUT2D eigenvalue weighted by atomic mass is 16.6. The van der Waals surface area contributed by atoms with Crippen molar-refractivity contribution in [1.29, 1.82) is 0 Å². The van der Waals surface area contributed by atoms with Gasteiger partial charge in [-0.2, -0.15) is 4.98 Å². The minimum atomic E-state index is -0.447. The predicted molar refractivity (Wildman–Crippen MR) is 85.6 cm³/mol. The van der Waals surface area contributed by atoms with Gasteiger partial charge in [0.1, 0.15) is 12.0 Å². The van der Waals surface area contributed by atoms with Gasteiger partial charge >= 0.3 is 5.69 Å². The maximum absolute atomic E-state index is 11.4. The third-order valence-corrected chi connectivity index (χ3v) is 4.40. The summed E-state index contributed by atoms with van der Waals surface area (Å²) in [5.74, 6) is 1.22. The second kappa shape index (κ2) is 6.31. The highest BCUT2D eigenvalue weighted by Gasteiger charge is 2.26. The molecule has 8 nitrogen and oxygen atoms in total. The Morgan fingerprint density at radius 1 is 1.35 bits per heavy atom. The van der Waals surface area contributed by atoms with Crippen molar-refractivity contribution in [2.45, 2.75) is 45.6 Å². The summed E-state index contributed by atoms with van der Waals surface area (Å²) in [5, 5.41) is 14.7. The van der Waals surface area contributed by atoms with Crippen molar-refractivity contribution in [2.24, 2.45) is 5.92 Å². The van der Waals surface area contributed by atoms with E-state index in [0.29, 0.717) is 23.6 Å². The number of nitrogens with one attached hydrogen (secondary N) is 1. The molecule has 0 spiro atoms. The molecule has 1 saturated carbocycles. The number of hydrogen-bond donors (Lipinski definition) is 1. The molecule has 8 heteroatoms. The monoisotopic (exact) mass is 316 g/mol. The summed E-state index contributed by atoms with van der Waals surface area (Å²) in [5.41, 5.74) is 0.255. The zero-order valence-electron chi connectivity index (χ0n) is 13.3. The molecular weight excluding hydrogens is 296 g/mol. The first-order valence-electron chi connectivity index (χ1n) is 7.84. The fourth-order valence-electron chi connectivity index (χ4n) is 3.09. The lowest BCUT2D eigenvalue weighted by molar-refractivity contribution is -0.385. The van der Waals surface area contributed by atoms with Gasteiger partial charge in [-0.25, -0.2) is 9.97 Å². The first-order valence-corrected chi connectivity index (χ1v) is 7.84. The summed E-state index contributed by atoms with van der Waals surface area (Å²) in [4.78, 5) is 23.5. The fraction of sp³-hybridized carbons (Fsp3) is 0.533. The number of anilines is 1. The minimum Gasteiger partial charge on any atom is -0.351 e. The van der Waals surface area contributed by atoms with Crippen LogP contribution in [-0.4, -0.2) is 30.5 Å². The van der Waals surface area contributed by atoms with Crippen LogP contribution in [0.4, 0.5) is 11.6 Å². The molecular formula is C15H20N6O2. The summed E-state index contributed by atoms with van der Waals surface area (Å²) < 4.78 is 1.54. The smallest absolute Gasteiger partial charge is 0.333 e. The van der Waals surface area contributed by atoms with Gasteiger partial charge in [0.2, 0.25) is 11.8 Å². The first-order chi connectivity index (χ1) is 11.1. The van der Waals surface area contributed by atoms with Crippen molar-refractivity contribution in [1.82, 2.24) is 19.5 Å². The summed E-state index contributed by atoms with van der Waals surface area (Å²) >= 11 is 0. The average molecular weight is 316 g/mol. The Balaban J connectivity index is 1.97. The normalized spacial score (nSPS) is 21.1. The molecule has 0 bridgehead atoms. The summed E-state index contributed by atoms with van der Waals surface area (Å²) in [6.45, 7) is 3.85. The van der Waals surface area contributed by atoms with Crippen LogP contribution < -0.4 is 5.32 Å². The quantitative estimate of drug-likeness (QED) is 0.688. The minimum absolute atomic E-state index is 0.0924. The van der Waals surface area contributed by atoms with Gasteiger partial charge in [0.05, 0.1) is 4.92 Å². The second-order valence-electron chi connectivity index (χ2n) is 6.04. The number of imidazole rings is 1. The molecule has 2 aromatic rings. The largest absolute Gasteiger partial charge is 0.351 e. The molecule has 0 saturated heterocycles. The summed E-state index contributed by atoms with van der Waals surface area (Å²) in [6, 6.07) is 0.306. The number of aryl methyl sites for hydroxylation is 1. The maximum Gasteiger partial charge on any atom is 0.333 e. The zero-order chi connectivity index (χ0) is 16.4. The van der Waals surface area contributed by atoms with E-state index in [9.17, 15) is 10.1 Å². The topological polar surface area (TPSA) is 98.8 Å². The first kappa shape index (κ1) is 15.4. The Morgan fingerprint density at radius 3 is 2.78 bits per heavy atom. The summed E-state index contributed by atoms with van der Waals surface area (Å²) in [6.07, 6.45) is 9.39. The van der Waals surface area contributed by atoms with Crippen LogP contribution in [0.1, 0.15) is 38.3 Å². The molecule has 3 rings (SSSR count). The molecule has 0 amide bonds. The number of nitrogens with zero attached hydrogens (tertiary/aromatic N) is 5.